The zero-order valence-corrected chi connectivity index (χ0v) is 11.9. The van der Waals surface area contributed by atoms with Crippen LogP contribution in [0.2, 0.25) is 0 Å². The van der Waals surface area contributed by atoms with Gasteiger partial charge in [-0.25, -0.2) is 13.2 Å². The molecular formula is C16H15F3N2O. The average molecular weight is 308 g/mol. The Morgan fingerprint density at radius 3 is 2.59 bits per heavy atom. The molecule has 0 bridgehead atoms. The molecule has 3 N–H and O–H groups in total. The molecule has 2 aromatic rings. The Morgan fingerprint density at radius 1 is 1.23 bits per heavy atom. The van der Waals surface area contributed by atoms with Crippen molar-refractivity contribution in [1.82, 2.24) is 0 Å². The van der Waals surface area contributed by atoms with E-state index >= 15 is 0 Å². The minimum Gasteiger partial charge on any atom is -0.487 e. The molecule has 0 saturated heterocycles. The van der Waals surface area contributed by atoms with Gasteiger partial charge in [-0.1, -0.05) is 18.7 Å². The highest BCUT2D eigenvalue weighted by molar-refractivity contribution is 5.78. The van der Waals surface area contributed by atoms with E-state index in [1.54, 1.807) is 13.0 Å². The Balaban J connectivity index is 2.44. The summed E-state index contributed by atoms with van der Waals surface area (Å²) in [4.78, 5) is 0. The molecular weight excluding hydrogens is 293 g/mol. The van der Waals surface area contributed by atoms with E-state index in [1.807, 2.05) is 0 Å². The van der Waals surface area contributed by atoms with Gasteiger partial charge in [0.1, 0.15) is 29.5 Å². The summed E-state index contributed by atoms with van der Waals surface area (Å²) in [5.41, 5.74) is 5.93. The maximum atomic E-state index is 13.9. The van der Waals surface area contributed by atoms with Gasteiger partial charge >= 0.3 is 0 Å². The number of benzene rings is 2. The number of nitrogens with one attached hydrogen (secondary N) is 1. The number of nitrogen functional groups attached to an aromatic ring is 1. The number of anilines is 3. The molecule has 0 aromatic heterocycles. The molecule has 0 heterocycles. The van der Waals surface area contributed by atoms with Gasteiger partial charge in [0.05, 0.1) is 5.69 Å². The van der Waals surface area contributed by atoms with Gasteiger partial charge in [-0.2, -0.15) is 0 Å². The van der Waals surface area contributed by atoms with Gasteiger partial charge in [0.15, 0.2) is 11.6 Å². The van der Waals surface area contributed by atoms with Gasteiger partial charge in [-0.3, -0.25) is 0 Å². The number of halogens is 3. The number of aryl methyl sites for hydroxylation is 1. The van der Waals surface area contributed by atoms with Crippen LogP contribution in [-0.2, 0) is 0 Å². The third-order valence-corrected chi connectivity index (χ3v) is 2.96. The zero-order valence-electron chi connectivity index (χ0n) is 11.9. The first kappa shape index (κ1) is 15.8. The quantitative estimate of drug-likeness (QED) is 0.639. The summed E-state index contributed by atoms with van der Waals surface area (Å²) in [6, 6.07) is 5.16. The summed E-state index contributed by atoms with van der Waals surface area (Å²) in [7, 11) is 0. The largest absolute Gasteiger partial charge is 0.487 e. The molecule has 0 aliphatic rings. The van der Waals surface area contributed by atoms with Crippen LogP contribution in [0.25, 0.3) is 0 Å². The van der Waals surface area contributed by atoms with E-state index in [-0.39, 0.29) is 29.4 Å². The molecule has 0 amide bonds. The Labute approximate surface area is 126 Å². The predicted molar refractivity (Wildman–Crippen MR) is 80.9 cm³/mol. The van der Waals surface area contributed by atoms with Crippen molar-refractivity contribution in [3.8, 4) is 5.75 Å². The van der Waals surface area contributed by atoms with Crippen LogP contribution in [0.3, 0.4) is 0 Å². The third-order valence-electron chi connectivity index (χ3n) is 2.96. The van der Waals surface area contributed by atoms with Crippen LogP contribution in [0, 0.1) is 24.4 Å². The van der Waals surface area contributed by atoms with E-state index < -0.39 is 17.5 Å². The standard InChI is InChI=1S/C16H15F3N2O/c1-3-6-22-13-8-11(18)14(19)16(15(13)20)21-12-5-4-9(2)7-10(12)17/h3-5,7-8,21H,1,6,20H2,2H3. The van der Waals surface area contributed by atoms with Gasteiger partial charge in [0.25, 0.3) is 0 Å². The highest BCUT2D eigenvalue weighted by Gasteiger charge is 2.18. The number of ether oxygens (including phenoxy) is 1. The maximum Gasteiger partial charge on any atom is 0.184 e. The van der Waals surface area contributed by atoms with E-state index in [2.05, 4.69) is 11.9 Å². The molecule has 0 aliphatic carbocycles. The van der Waals surface area contributed by atoms with Crippen molar-refractivity contribution in [3.05, 3.63) is 59.9 Å². The summed E-state index contributed by atoms with van der Waals surface area (Å²) in [5.74, 6) is -3.00. The smallest absolute Gasteiger partial charge is 0.184 e. The van der Waals surface area contributed by atoms with Crippen molar-refractivity contribution in [2.45, 2.75) is 6.92 Å². The Morgan fingerprint density at radius 2 is 1.95 bits per heavy atom. The first-order valence-electron chi connectivity index (χ1n) is 6.48. The molecule has 0 radical (unpaired) electrons. The molecule has 2 aromatic carbocycles. The molecule has 0 saturated carbocycles. The lowest BCUT2D eigenvalue weighted by Gasteiger charge is -2.15. The van der Waals surface area contributed by atoms with E-state index in [0.717, 1.165) is 6.07 Å². The molecule has 6 heteroatoms. The maximum absolute atomic E-state index is 13.9. The summed E-state index contributed by atoms with van der Waals surface area (Å²) in [5, 5.41) is 2.47. The van der Waals surface area contributed by atoms with E-state index in [4.69, 9.17) is 10.5 Å². The summed E-state index contributed by atoms with van der Waals surface area (Å²) in [6.07, 6.45) is 1.44. The predicted octanol–water partition coefficient (Wildman–Crippen LogP) is 4.30. The lowest BCUT2D eigenvalue weighted by molar-refractivity contribution is 0.361. The van der Waals surface area contributed by atoms with Crippen LogP contribution in [0.1, 0.15) is 5.56 Å². The third kappa shape index (κ3) is 3.16. The number of hydrogen-bond donors (Lipinski definition) is 2. The molecule has 3 nitrogen and oxygen atoms in total. The fourth-order valence-electron chi connectivity index (χ4n) is 1.86. The van der Waals surface area contributed by atoms with Gasteiger partial charge in [0.2, 0.25) is 0 Å². The fourth-order valence-corrected chi connectivity index (χ4v) is 1.86. The lowest BCUT2D eigenvalue weighted by atomic mass is 10.2. The zero-order chi connectivity index (χ0) is 16.3. The van der Waals surface area contributed by atoms with Crippen molar-refractivity contribution in [2.24, 2.45) is 0 Å². The van der Waals surface area contributed by atoms with Crippen LogP contribution in [0.5, 0.6) is 5.75 Å². The number of rotatable bonds is 5. The van der Waals surface area contributed by atoms with E-state index in [9.17, 15) is 13.2 Å². The second kappa shape index (κ2) is 6.43. The Bertz CT molecular complexity index is 717. The summed E-state index contributed by atoms with van der Waals surface area (Å²) >= 11 is 0. The fraction of sp³-hybridized carbons (Fsp3) is 0.125. The van der Waals surface area contributed by atoms with Gasteiger partial charge in [-0.15, -0.1) is 0 Å². The highest BCUT2D eigenvalue weighted by Crippen LogP contribution is 2.36. The lowest BCUT2D eigenvalue weighted by Crippen LogP contribution is -2.06. The normalized spacial score (nSPS) is 10.4. The molecule has 22 heavy (non-hydrogen) atoms. The molecule has 0 unspecified atom stereocenters. The van der Waals surface area contributed by atoms with Crippen LogP contribution in [0.15, 0.2) is 36.9 Å². The molecule has 0 spiro atoms. The first-order chi connectivity index (χ1) is 10.4. The topological polar surface area (TPSA) is 47.3 Å². The second-order valence-electron chi connectivity index (χ2n) is 4.67. The van der Waals surface area contributed by atoms with Crippen LogP contribution < -0.4 is 15.8 Å². The minimum atomic E-state index is -1.21. The molecule has 0 aliphatic heterocycles. The summed E-state index contributed by atoms with van der Waals surface area (Å²) < 4.78 is 46.6. The van der Waals surface area contributed by atoms with Gasteiger partial charge < -0.3 is 15.8 Å². The number of nitrogens with two attached hydrogens (primary N) is 1. The summed E-state index contributed by atoms with van der Waals surface area (Å²) in [6.45, 7) is 5.25. The van der Waals surface area contributed by atoms with Crippen LogP contribution in [-0.4, -0.2) is 6.61 Å². The van der Waals surface area contributed by atoms with Crippen molar-refractivity contribution in [3.63, 3.8) is 0 Å². The Hall–Kier alpha value is -2.63. The van der Waals surface area contributed by atoms with Crippen LogP contribution in [0.4, 0.5) is 30.2 Å². The molecule has 116 valence electrons. The molecule has 0 fully saturated rings. The van der Waals surface area contributed by atoms with Crippen molar-refractivity contribution >= 4 is 17.1 Å². The van der Waals surface area contributed by atoms with Crippen molar-refractivity contribution in [1.29, 1.82) is 0 Å². The number of hydrogen-bond acceptors (Lipinski definition) is 3. The minimum absolute atomic E-state index is 0.0172. The van der Waals surface area contributed by atoms with Crippen molar-refractivity contribution < 1.29 is 17.9 Å². The van der Waals surface area contributed by atoms with E-state index in [0.29, 0.717) is 5.56 Å². The Kier molecular flexibility index (Phi) is 4.60. The SMILES string of the molecule is C=CCOc1cc(F)c(F)c(Nc2ccc(C)cc2F)c1N. The second-order valence-corrected chi connectivity index (χ2v) is 4.67. The first-order valence-corrected chi connectivity index (χ1v) is 6.48. The van der Waals surface area contributed by atoms with Crippen LogP contribution >= 0.6 is 0 Å². The van der Waals surface area contributed by atoms with E-state index in [1.165, 1.54) is 18.2 Å². The average Bonchev–Trinajstić information content (AvgIpc) is 2.48. The molecule has 0 atom stereocenters. The van der Waals surface area contributed by atoms with Crippen molar-refractivity contribution in [2.75, 3.05) is 17.7 Å². The monoisotopic (exact) mass is 308 g/mol. The highest BCUT2D eigenvalue weighted by atomic mass is 19.2. The molecule has 2 rings (SSSR count). The van der Waals surface area contributed by atoms with Gasteiger partial charge in [0, 0.05) is 6.07 Å². The van der Waals surface area contributed by atoms with Gasteiger partial charge in [-0.05, 0) is 24.6 Å².